The van der Waals surface area contributed by atoms with Crippen molar-refractivity contribution in [3.63, 3.8) is 0 Å². The van der Waals surface area contributed by atoms with Gasteiger partial charge in [0.15, 0.2) is 5.75 Å². The van der Waals surface area contributed by atoms with Crippen molar-refractivity contribution in [1.82, 2.24) is 4.31 Å². The van der Waals surface area contributed by atoms with Crippen LogP contribution in [-0.4, -0.2) is 17.8 Å². The lowest BCUT2D eigenvalue weighted by Crippen LogP contribution is -2.30. The molecule has 9 heteroatoms. The molecule has 0 aliphatic rings. The average Bonchev–Trinajstić information content (AvgIpc) is 2.82. The number of phenolic OH excluding ortho intramolecular Hbond substituents is 1. The molecule has 4 aromatic carbocycles. The van der Waals surface area contributed by atoms with Crippen molar-refractivity contribution in [2.24, 2.45) is 0 Å². The van der Waals surface area contributed by atoms with Gasteiger partial charge in [0.1, 0.15) is 10.7 Å². The van der Waals surface area contributed by atoms with Crippen molar-refractivity contribution in [2.45, 2.75) is 18.0 Å². The Morgan fingerprint density at radius 1 is 0.743 bits per heavy atom. The molecular formula is C26H19Cl3FNO3S. The smallest absolute Gasteiger partial charge is 0.247 e. The number of nitrogens with zero attached hydrogens (tertiary/aromatic N) is 1. The molecule has 0 heterocycles. The van der Waals surface area contributed by atoms with Crippen molar-refractivity contribution in [3.05, 3.63) is 117 Å². The molecule has 0 aromatic heterocycles. The van der Waals surface area contributed by atoms with Crippen LogP contribution in [0.3, 0.4) is 0 Å². The predicted molar refractivity (Wildman–Crippen MR) is 138 cm³/mol. The van der Waals surface area contributed by atoms with Crippen molar-refractivity contribution in [1.29, 1.82) is 0 Å². The van der Waals surface area contributed by atoms with Crippen LogP contribution in [0, 0.1) is 5.82 Å². The maximum Gasteiger partial charge on any atom is 0.247 e. The molecule has 0 bridgehead atoms. The van der Waals surface area contributed by atoms with Gasteiger partial charge in [-0.1, -0.05) is 77.3 Å². The topological polar surface area (TPSA) is 57.6 Å². The second-order valence-corrected chi connectivity index (χ2v) is 11.0. The first kappa shape index (κ1) is 25.5. The fourth-order valence-corrected chi connectivity index (χ4v) is 5.97. The van der Waals surface area contributed by atoms with Crippen LogP contribution in [-0.2, 0) is 23.1 Å². The Kier molecular flexibility index (Phi) is 7.69. The monoisotopic (exact) mass is 549 g/mol. The standard InChI is InChI=1S/C26H19Cl3FNO3S/c27-21-6-2-5-20(12-21)19-4-1-3-18(11-19)16-31(15-17-7-9-23(30)10-8-17)35(33,34)25-14-22(28)13-24(29)26(25)32/h1-14,32H,15-16H2. The number of sulfonamides is 1. The molecule has 35 heavy (non-hydrogen) atoms. The molecule has 180 valence electrons. The Hall–Kier alpha value is -2.61. The van der Waals surface area contributed by atoms with Gasteiger partial charge in [-0.2, -0.15) is 4.31 Å². The van der Waals surface area contributed by atoms with Crippen LogP contribution in [0.2, 0.25) is 15.1 Å². The third-order valence-electron chi connectivity index (χ3n) is 5.33. The molecule has 0 atom stereocenters. The van der Waals surface area contributed by atoms with E-state index >= 15 is 0 Å². The molecule has 0 aliphatic carbocycles. The number of rotatable bonds is 7. The van der Waals surface area contributed by atoms with E-state index in [2.05, 4.69) is 0 Å². The molecule has 0 amide bonds. The van der Waals surface area contributed by atoms with Gasteiger partial charge in [-0.3, -0.25) is 0 Å². The van der Waals surface area contributed by atoms with Crippen LogP contribution in [0.25, 0.3) is 11.1 Å². The summed E-state index contributed by atoms with van der Waals surface area (Å²) in [6.07, 6.45) is 0. The van der Waals surface area contributed by atoms with Gasteiger partial charge < -0.3 is 5.11 Å². The minimum absolute atomic E-state index is 0.0301. The first-order valence-electron chi connectivity index (χ1n) is 10.4. The molecule has 0 unspecified atom stereocenters. The Bertz CT molecular complexity index is 1480. The summed E-state index contributed by atoms with van der Waals surface area (Å²) >= 11 is 18.2. The minimum Gasteiger partial charge on any atom is -0.505 e. The van der Waals surface area contributed by atoms with Gasteiger partial charge >= 0.3 is 0 Å². The minimum atomic E-state index is -4.27. The van der Waals surface area contributed by atoms with Crippen molar-refractivity contribution in [2.75, 3.05) is 0 Å². The van der Waals surface area contributed by atoms with Crippen LogP contribution < -0.4 is 0 Å². The molecule has 1 N–H and O–H groups in total. The van der Waals surface area contributed by atoms with E-state index < -0.39 is 26.5 Å². The number of aromatic hydroxyl groups is 1. The number of hydrogen-bond acceptors (Lipinski definition) is 3. The predicted octanol–water partition coefficient (Wildman–Crippen LogP) is 7.55. The van der Waals surface area contributed by atoms with Gasteiger partial charge in [-0.25, -0.2) is 12.8 Å². The second-order valence-electron chi connectivity index (χ2n) is 7.84. The van der Waals surface area contributed by atoms with E-state index in [9.17, 15) is 17.9 Å². The number of hydrogen-bond donors (Lipinski definition) is 1. The summed E-state index contributed by atoms with van der Waals surface area (Å²) in [6, 6.07) is 22.7. The highest BCUT2D eigenvalue weighted by molar-refractivity contribution is 7.89. The SMILES string of the molecule is O=S(=O)(c1cc(Cl)cc(Cl)c1O)N(Cc1ccc(F)cc1)Cc1cccc(-c2cccc(Cl)c2)c1. The summed E-state index contributed by atoms with van der Waals surface area (Å²) in [4.78, 5) is -0.414. The fraction of sp³-hybridized carbons (Fsp3) is 0.0769. The molecule has 0 saturated heterocycles. The van der Waals surface area contributed by atoms with Crippen molar-refractivity contribution < 1.29 is 17.9 Å². The molecule has 4 aromatic rings. The van der Waals surface area contributed by atoms with Gasteiger partial charge in [0.05, 0.1) is 5.02 Å². The van der Waals surface area contributed by atoms with E-state index in [0.717, 1.165) is 17.2 Å². The van der Waals surface area contributed by atoms with E-state index in [1.807, 2.05) is 36.4 Å². The second kappa shape index (κ2) is 10.6. The highest BCUT2D eigenvalue weighted by Crippen LogP contribution is 2.37. The maximum atomic E-state index is 13.7. The molecule has 4 rings (SSSR count). The molecule has 0 aliphatic heterocycles. The first-order chi connectivity index (χ1) is 16.6. The zero-order valence-electron chi connectivity index (χ0n) is 18.1. The molecule has 0 radical (unpaired) electrons. The largest absolute Gasteiger partial charge is 0.505 e. The highest BCUT2D eigenvalue weighted by atomic mass is 35.5. The van der Waals surface area contributed by atoms with Crippen LogP contribution in [0.15, 0.2) is 89.8 Å². The summed E-state index contributed by atoms with van der Waals surface area (Å²) in [5.74, 6) is -1.02. The Labute approximate surface area is 218 Å². The van der Waals surface area contributed by atoms with E-state index in [4.69, 9.17) is 34.8 Å². The quantitative estimate of drug-likeness (QED) is 0.258. The van der Waals surface area contributed by atoms with E-state index in [1.54, 1.807) is 12.1 Å². The Balaban J connectivity index is 1.76. The first-order valence-corrected chi connectivity index (χ1v) is 13.0. The molecule has 0 spiro atoms. The summed E-state index contributed by atoms with van der Waals surface area (Å²) < 4.78 is 42.0. The number of phenols is 1. The lowest BCUT2D eigenvalue weighted by atomic mass is 10.0. The zero-order valence-corrected chi connectivity index (χ0v) is 21.2. The summed E-state index contributed by atoms with van der Waals surface area (Å²) in [5.41, 5.74) is 3.00. The summed E-state index contributed by atoms with van der Waals surface area (Å²) in [6.45, 7) is -0.106. The third kappa shape index (κ3) is 5.97. The van der Waals surface area contributed by atoms with Crippen LogP contribution in [0.4, 0.5) is 4.39 Å². The van der Waals surface area contributed by atoms with Gasteiger partial charge in [0, 0.05) is 23.1 Å². The van der Waals surface area contributed by atoms with E-state index in [1.165, 1.54) is 34.6 Å². The van der Waals surface area contributed by atoms with Crippen LogP contribution >= 0.6 is 34.8 Å². The lowest BCUT2D eigenvalue weighted by Gasteiger charge is -2.24. The summed E-state index contributed by atoms with van der Waals surface area (Å²) in [5, 5.41) is 10.9. The van der Waals surface area contributed by atoms with Gasteiger partial charge in [-0.15, -0.1) is 0 Å². The maximum absolute atomic E-state index is 13.7. The van der Waals surface area contributed by atoms with Gasteiger partial charge in [-0.05, 0) is 64.7 Å². The van der Waals surface area contributed by atoms with Crippen molar-refractivity contribution >= 4 is 44.8 Å². The van der Waals surface area contributed by atoms with Crippen molar-refractivity contribution in [3.8, 4) is 16.9 Å². The van der Waals surface area contributed by atoms with Gasteiger partial charge in [0.25, 0.3) is 0 Å². The molecule has 4 nitrogen and oxygen atoms in total. The summed E-state index contributed by atoms with van der Waals surface area (Å²) in [7, 11) is -4.27. The van der Waals surface area contributed by atoms with Crippen LogP contribution in [0.1, 0.15) is 11.1 Å². The average molecular weight is 551 g/mol. The van der Waals surface area contributed by atoms with Crippen LogP contribution in [0.5, 0.6) is 5.75 Å². The van der Waals surface area contributed by atoms with E-state index in [-0.39, 0.29) is 23.1 Å². The molecule has 0 saturated carbocycles. The normalized spacial score (nSPS) is 11.7. The fourth-order valence-electron chi connectivity index (χ4n) is 3.62. The van der Waals surface area contributed by atoms with Gasteiger partial charge in [0.2, 0.25) is 10.0 Å². The Morgan fingerprint density at radius 2 is 1.37 bits per heavy atom. The molecular weight excluding hydrogens is 532 g/mol. The number of halogens is 4. The highest BCUT2D eigenvalue weighted by Gasteiger charge is 2.29. The Morgan fingerprint density at radius 3 is 2.06 bits per heavy atom. The molecule has 0 fully saturated rings. The van der Waals surface area contributed by atoms with E-state index in [0.29, 0.717) is 16.1 Å². The number of benzene rings is 4. The third-order valence-corrected chi connectivity index (χ3v) is 7.87. The lowest BCUT2D eigenvalue weighted by molar-refractivity contribution is 0.394. The zero-order chi connectivity index (χ0) is 25.2.